The zero-order valence-corrected chi connectivity index (χ0v) is 12.5. The first-order chi connectivity index (χ1) is 9.15. The second-order valence-corrected chi connectivity index (χ2v) is 5.39. The van der Waals surface area contributed by atoms with Crippen LogP contribution >= 0.6 is 15.9 Å². The summed E-state index contributed by atoms with van der Waals surface area (Å²) in [6, 6.07) is 9.80. The van der Waals surface area contributed by atoms with E-state index in [4.69, 9.17) is 0 Å². The maximum absolute atomic E-state index is 11.8. The fourth-order valence-corrected chi connectivity index (χ4v) is 2.13. The molecule has 0 spiro atoms. The van der Waals surface area contributed by atoms with Crippen LogP contribution in [0, 0.1) is 6.92 Å². The molecule has 0 saturated carbocycles. The molecule has 0 saturated heterocycles. The number of hydrogen-bond donors (Lipinski definition) is 1. The molecule has 4 heteroatoms. The SMILES string of the molecule is Cc1cc(NC(=O)CCCn2cccc2)ccc1Br. The molecule has 0 bridgehead atoms. The van der Waals surface area contributed by atoms with Gasteiger partial charge in [0.25, 0.3) is 0 Å². The molecule has 1 aromatic heterocycles. The number of hydrogen-bond acceptors (Lipinski definition) is 1. The Morgan fingerprint density at radius 3 is 2.74 bits per heavy atom. The molecule has 2 rings (SSSR count). The lowest BCUT2D eigenvalue weighted by Crippen LogP contribution is -2.12. The number of carbonyl (C=O) groups excluding carboxylic acids is 1. The molecule has 3 nitrogen and oxygen atoms in total. The zero-order chi connectivity index (χ0) is 13.7. The summed E-state index contributed by atoms with van der Waals surface area (Å²) in [5, 5.41) is 2.92. The van der Waals surface area contributed by atoms with Crippen LogP contribution in [0.2, 0.25) is 0 Å². The van der Waals surface area contributed by atoms with Crippen LogP contribution in [0.1, 0.15) is 18.4 Å². The topological polar surface area (TPSA) is 34.0 Å². The van der Waals surface area contributed by atoms with Crippen molar-refractivity contribution < 1.29 is 4.79 Å². The molecule has 100 valence electrons. The summed E-state index contributed by atoms with van der Waals surface area (Å²) in [5.41, 5.74) is 1.97. The molecular formula is C15H17BrN2O. The third-order valence-electron chi connectivity index (χ3n) is 2.93. The standard InChI is InChI=1S/C15H17BrN2O/c1-12-11-13(6-7-14(12)16)17-15(19)5-4-10-18-8-2-3-9-18/h2-3,6-9,11H,4-5,10H2,1H3,(H,17,19). The normalized spacial score (nSPS) is 10.4. The molecule has 0 aliphatic heterocycles. The van der Waals surface area contributed by atoms with E-state index in [9.17, 15) is 4.79 Å². The van der Waals surface area contributed by atoms with Crippen LogP contribution in [0.3, 0.4) is 0 Å². The summed E-state index contributed by atoms with van der Waals surface area (Å²) in [5.74, 6) is 0.0638. The van der Waals surface area contributed by atoms with Gasteiger partial charge >= 0.3 is 0 Å². The van der Waals surface area contributed by atoms with Crippen LogP contribution in [0.5, 0.6) is 0 Å². The van der Waals surface area contributed by atoms with E-state index in [2.05, 4.69) is 25.8 Å². The van der Waals surface area contributed by atoms with Gasteiger partial charge in [0.05, 0.1) is 0 Å². The Bertz CT molecular complexity index is 549. The summed E-state index contributed by atoms with van der Waals surface area (Å²) in [4.78, 5) is 11.8. The van der Waals surface area contributed by atoms with Crippen LogP contribution in [-0.4, -0.2) is 10.5 Å². The van der Waals surface area contributed by atoms with Gasteiger partial charge in [0.2, 0.25) is 5.91 Å². The van der Waals surface area contributed by atoms with E-state index in [0.29, 0.717) is 6.42 Å². The van der Waals surface area contributed by atoms with Crippen molar-refractivity contribution in [1.82, 2.24) is 4.57 Å². The van der Waals surface area contributed by atoms with Gasteiger partial charge in [0.1, 0.15) is 0 Å². The number of amides is 1. The molecule has 1 amide bonds. The van der Waals surface area contributed by atoms with Gasteiger partial charge in [-0.25, -0.2) is 0 Å². The predicted octanol–water partition coefficient (Wildman–Crippen LogP) is 3.98. The summed E-state index contributed by atoms with van der Waals surface area (Å²) in [6.07, 6.45) is 5.40. The fraction of sp³-hybridized carbons (Fsp3) is 0.267. The molecule has 0 atom stereocenters. The monoisotopic (exact) mass is 320 g/mol. The second-order valence-electron chi connectivity index (χ2n) is 4.54. The minimum atomic E-state index is 0.0638. The average molecular weight is 321 g/mol. The molecule has 0 radical (unpaired) electrons. The average Bonchev–Trinajstić information content (AvgIpc) is 2.87. The Hall–Kier alpha value is -1.55. The highest BCUT2D eigenvalue weighted by molar-refractivity contribution is 9.10. The van der Waals surface area contributed by atoms with Crippen LogP contribution in [-0.2, 0) is 11.3 Å². The van der Waals surface area contributed by atoms with Crippen molar-refractivity contribution >= 4 is 27.5 Å². The largest absolute Gasteiger partial charge is 0.354 e. The number of benzene rings is 1. The molecule has 19 heavy (non-hydrogen) atoms. The van der Waals surface area contributed by atoms with E-state index in [-0.39, 0.29) is 5.91 Å². The fourth-order valence-electron chi connectivity index (χ4n) is 1.89. The van der Waals surface area contributed by atoms with Gasteiger partial charge < -0.3 is 9.88 Å². The first-order valence-electron chi connectivity index (χ1n) is 6.32. The number of aromatic nitrogens is 1. The lowest BCUT2D eigenvalue weighted by molar-refractivity contribution is -0.116. The Morgan fingerprint density at radius 2 is 2.05 bits per heavy atom. The first-order valence-corrected chi connectivity index (χ1v) is 7.11. The van der Waals surface area contributed by atoms with Crippen molar-refractivity contribution in [2.45, 2.75) is 26.3 Å². The van der Waals surface area contributed by atoms with E-state index >= 15 is 0 Å². The van der Waals surface area contributed by atoms with Gasteiger partial charge in [0, 0.05) is 35.5 Å². The van der Waals surface area contributed by atoms with E-state index in [1.807, 2.05) is 49.6 Å². The lowest BCUT2D eigenvalue weighted by Gasteiger charge is -2.07. The van der Waals surface area contributed by atoms with Crippen LogP contribution in [0.25, 0.3) is 0 Å². The van der Waals surface area contributed by atoms with Crippen LogP contribution < -0.4 is 5.32 Å². The molecule has 0 aliphatic carbocycles. The molecule has 0 aliphatic rings. The van der Waals surface area contributed by atoms with Gasteiger partial charge in [-0.15, -0.1) is 0 Å². The number of aryl methyl sites for hydroxylation is 2. The Balaban J connectivity index is 1.79. The van der Waals surface area contributed by atoms with Crippen molar-refractivity contribution in [2.24, 2.45) is 0 Å². The van der Waals surface area contributed by atoms with Crippen LogP contribution in [0.15, 0.2) is 47.2 Å². The molecule has 1 heterocycles. The third kappa shape index (κ3) is 4.24. The minimum absolute atomic E-state index is 0.0638. The molecular weight excluding hydrogens is 304 g/mol. The van der Waals surface area contributed by atoms with E-state index in [1.54, 1.807) is 0 Å². The number of nitrogens with zero attached hydrogens (tertiary/aromatic N) is 1. The number of anilines is 1. The highest BCUT2D eigenvalue weighted by atomic mass is 79.9. The highest BCUT2D eigenvalue weighted by Crippen LogP contribution is 2.20. The lowest BCUT2D eigenvalue weighted by atomic mass is 10.2. The van der Waals surface area contributed by atoms with Gasteiger partial charge in [-0.3, -0.25) is 4.79 Å². The van der Waals surface area contributed by atoms with Crippen molar-refractivity contribution in [1.29, 1.82) is 0 Å². The Labute approximate surface area is 121 Å². The summed E-state index contributed by atoms with van der Waals surface area (Å²) in [7, 11) is 0. The van der Waals surface area contributed by atoms with Gasteiger partial charge in [-0.2, -0.15) is 0 Å². The van der Waals surface area contributed by atoms with Crippen LogP contribution in [0.4, 0.5) is 5.69 Å². The number of rotatable bonds is 5. The number of nitrogens with one attached hydrogen (secondary N) is 1. The van der Waals surface area contributed by atoms with E-state index in [0.717, 1.165) is 28.7 Å². The first kappa shape index (κ1) is 13.9. The number of halogens is 1. The molecule has 0 fully saturated rings. The minimum Gasteiger partial charge on any atom is -0.354 e. The predicted molar refractivity (Wildman–Crippen MR) is 81.2 cm³/mol. The number of carbonyl (C=O) groups is 1. The molecule has 1 aromatic carbocycles. The van der Waals surface area contributed by atoms with E-state index < -0.39 is 0 Å². The van der Waals surface area contributed by atoms with Gasteiger partial charge in [-0.1, -0.05) is 15.9 Å². The van der Waals surface area contributed by atoms with Crippen molar-refractivity contribution in [3.8, 4) is 0 Å². The van der Waals surface area contributed by atoms with Crippen molar-refractivity contribution in [3.05, 3.63) is 52.8 Å². The van der Waals surface area contributed by atoms with Crippen molar-refractivity contribution in [3.63, 3.8) is 0 Å². The summed E-state index contributed by atoms with van der Waals surface area (Å²) in [6.45, 7) is 2.88. The van der Waals surface area contributed by atoms with E-state index in [1.165, 1.54) is 0 Å². The van der Waals surface area contributed by atoms with Gasteiger partial charge in [0.15, 0.2) is 0 Å². The third-order valence-corrected chi connectivity index (χ3v) is 3.82. The Morgan fingerprint density at radius 1 is 1.32 bits per heavy atom. The molecule has 1 N–H and O–H groups in total. The van der Waals surface area contributed by atoms with Crippen molar-refractivity contribution in [2.75, 3.05) is 5.32 Å². The second kappa shape index (κ2) is 6.57. The summed E-state index contributed by atoms with van der Waals surface area (Å²) >= 11 is 3.44. The molecule has 0 unspecified atom stereocenters. The smallest absolute Gasteiger partial charge is 0.224 e. The maximum atomic E-state index is 11.8. The molecule has 2 aromatic rings. The van der Waals surface area contributed by atoms with Gasteiger partial charge in [-0.05, 0) is 49.2 Å². The summed E-state index contributed by atoms with van der Waals surface area (Å²) < 4.78 is 3.13. The quantitative estimate of drug-likeness (QED) is 0.888. The highest BCUT2D eigenvalue weighted by Gasteiger charge is 2.03. The Kier molecular flexibility index (Phi) is 4.80. The zero-order valence-electron chi connectivity index (χ0n) is 10.9. The maximum Gasteiger partial charge on any atom is 0.224 e.